The topological polar surface area (TPSA) is 49.4 Å². The number of hydrogen-bond donors (Lipinski definition) is 1. The highest BCUT2D eigenvalue weighted by atomic mass is 19.1. The molecule has 0 atom stereocenters. The Morgan fingerprint density at radius 1 is 1.56 bits per heavy atom. The minimum absolute atomic E-state index is 0.00171. The van der Waals surface area contributed by atoms with Crippen LogP contribution < -0.4 is 10.2 Å². The van der Waals surface area contributed by atoms with Crippen LogP contribution in [0.5, 0.6) is 0 Å². The zero-order chi connectivity index (χ0) is 12.1. The summed E-state index contributed by atoms with van der Waals surface area (Å²) in [7, 11) is 3.05. The second kappa shape index (κ2) is 5.25. The maximum Gasteiger partial charge on any atom is 0.239 e. The van der Waals surface area contributed by atoms with Gasteiger partial charge >= 0.3 is 0 Å². The van der Waals surface area contributed by atoms with Crippen molar-refractivity contribution in [2.75, 3.05) is 25.5 Å². The maximum atomic E-state index is 13.5. The van der Waals surface area contributed by atoms with E-state index >= 15 is 0 Å². The first kappa shape index (κ1) is 12.2. The van der Waals surface area contributed by atoms with Crippen molar-refractivity contribution in [2.24, 2.45) is 0 Å². The first-order valence-electron chi connectivity index (χ1n) is 4.75. The fourth-order valence-electron chi connectivity index (χ4n) is 1.40. The fourth-order valence-corrected chi connectivity index (χ4v) is 1.40. The smallest absolute Gasteiger partial charge is 0.239 e. The van der Waals surface area contributed by atoms with Gasteiger partial charge in [-0.05, 0) is 12.1 Å². The van der Waals surface area contributed by atoms with E-state index in [0.717, 1.165) is 0 Å². The van der Waals surface area contributed by atoms with E-state index in [4.69, 9.17) is 0 Å². The third-order valence-corrected chi connectivity index (χ3v) is 2.19. The quantitative estimate of drug-likeness (QED) is 0.770. The molecule has 86 valence electrons. The second-order valence-corrected chi connectivity index (χ2v) is 3.32. The van der Waals surface area contributed by atoms with Crippen molar-refractivity contribution in [3.8, 4) is 0 Å². The molecule has 0 aliphatic rings. The molecule has 5 heteroatoms. The Labute approximate surface area is 93.1 Å². The molecule has 1 aromatic rings. The summed E-state index contributed by atoms with van der Waals surface area (Å²) in [6, 6.07) is 4.21. The molecule has 0 spiro atoms. The van der Waals surface area contributed by atoms with Crippen LogP contribution in [0, 0.1) is 5.82 Å². The standard InChI is InChI=1S/C11H13FN2O2/c1-13-10(16)6-14(2)11-8(7-15)4-3-5-9(11)12/h3-5,7H,6H2,1-2H3,(H,13,16). The van der Waals surface area contributed by atoms with Gasteiger partial charge in [0.15, 0.2) is 6.29 Å². The van der Waals surface area contributed by atoms with Crippen LogP contribution in [0.4, 0.5) is 10.1 Å². The molecule has 1 aromatic carbocycles. The van der Waals surface area contributed by atoms with Crippen LogP contribution in [-0.2, 0) is 4.79 Å². The highest BCUT2D eigenvalue weighted by Gasteiger charge is 2.14. The summed E-state index contributed by atoms with van der Waals surface area (Å²) in [6.07, 6.45) is 0.568. The van der Waals surface area contributed by atoms with Crippen molar-refractivity contribution in [3.63, 3.8) is 0 Å². The molecular formula is C11H13FN2O2. The van der Waals surface area contributed by atoms with E-state index in [2.05, 4.69) is 5.32 Å². The van der Waals surface area contributed by atoms with E-state index < -0.39 is 5.82 Å². The van der Waals surface area contributed by atoms with Gasteiger partial charge in [0.1, 0.15) is 5.82 Å². The Morgan fingerprint density at radius 3 is 2.81 bits per heavy atom. The van der Waals surface area contributed by atoms with Crippen molar-refractivity contribution in [2.45, 2.75) is 0 Å². The molecule has 0 aliphatic heterocycles. The number of carbonyl (C=O) groups excluding carboxylic acids is 2. The average molecular weight is 224 g/mol. The minimum atomic E-state index is -0.518. The van der Waals surface area contributed by atoms with E-state index in [0.29, 0.717) is 6.29 Å². The number of rotatable bonds is 4. The summed E-state index contributed by atoms with van der Waals surface area (Å²) in [5.41, 5.74) is 0.368. The van der Waals surface area contributed by atoms with E-state index in [-0.39, 0.29) is 23.7 Å². The Morgan fingerprint density at radius 2 is 2.25 bits per heavy atom. The Bertz CT molecular complexity index is 407. The Hall–Kier alpha value is -1.91. The summed E-state index contributed by atoms with van der Waals surface area (Å²) in [5, 5.41) is 2.43. The second-order valence-electron chi connectivity index (χ2n) is 3.32. The van der Waals surface area contributed by atoms with Crippen molar-refractivity contribution in [1.29, 1.82) is 0 Å². The Kier molecular flexibility index (Phi) is 3.99. The molecule has 0 heterocycles. The van der Waals surface area contributed by atoms with Gasteiger partial charge in [0.25, 0.3) is 0 Å². The number of halogens is 1. The molecule has 0 unspecified atom stereocenters. The number of nitrogens with one attached hydrogen (secondary N) is 1. The molecule has 0 radical (unpaired) electrons. The summed E-state index contributed by atoms with van der Waals surface area (Å²) in [4.78, 5) is 23.3. The summed E-state index contributed by atoms with van der Waals surface area (Å²) >= 11 is 0. The summed E-state index contributed by atoms with van der Waals surface area (Å²) in [6.45, 7) is -0.00171. The third-order valence-electron chi connectivity index (χ3n) is 2.19. The van der Waals surface area contributed by atoms with Crippen LogP contribution in [0.2, 0.25) is 0 Å². The van der Waals surface area contributed by atoms with Gasteiger partial charge in [0.05, 0.1) is 12.2 Å². The number of amides is 1. The number of anilines is 1. The number of aldehydes is 1. The van der Waals surface area contributed by atoms with Crippen molar-refractivity contribution >= 4 is 17.9 Å². The molecule has 16 heavy (non-hydrogen) atoms. The molecular weight excluding hydrogens is 211 g/mol. The average Bonchev–Trinajstić information content (AvgIpc) is 2.28. The molecule has 0 saturated carbocycles. The monoisotopic (exact) mass is 224 g/mol. The Balaban J connectivity index is 3.02. The number of benzene rings is 1. The molecule has 1 amide bonds. The third kappa shape index (κ3) is 2.56. The van der Waals surface area contributed by atoms with Gasteiger partial charge in [-0.2, -0.15) is 0 Å². The zero-order valence-corrected chi connectivity index (χ0v) is 9.16. The minimum Gasteiger partial charge on any atom is -0.362 e. The van der Waals surface area contributed by atoms with Gasteiger partial charge in [0, 0.05) is 19.7 Å². The molecule has 0 bridgehead atoms. The molecule has 1 N–H and O–H groups in total. The van der Waals surface area contributed by atoms with Gasteiger partial charge in [-0.25, -0.2) is 4.39 Å². The van der Waals surface area contributed by atoms with Gasteiger partial charge in [-0.3, -0.25) is 9.59 Å². The van der Waals surface area contributed by atoms with Gasteiger partial charge in [-0.15, -0.1) is 0 Å². The molecule has 4 nitrogen and oxygen atoms in total. The molecule has 1 rings (SSSR count). The molecule has 0 aromatic heterocycles. The highest BCUT2D eigenvalue weighted by molar-refractivity contribution is 5.87. The van der Waals surface area contributed by atoms with Crippen LogP contribution in [0.15, 0.2) is 18.2 Å². The van der Waals surface area contributed by atoms with Crippen LogP contribution in [-0.4, -0.2) is 32.8 Å². The van der Waals surface area contributed by atoms with E-state index in [1.54, 1.807) is 7.05 Å². The van der Waals surface area contributed by atoms with Crippen molar-refractivity contribution in [3.05, 3.63) is 29.6 Å². The predicted molar refractivity (Wildman–Crippen MR) is 59.1 cm³/mol. The van der Waals surface area contributed by atoms with Crippen LogP contribution >= 0.6 is 0 Å². The highest BCUT2D eigenvalue weighted by Crippen LogP contribution is 2.21. The van der Waals surface area contributed by atoms with E-state index in [9.17, 15) is 14.0 Å². The largest absolute Gasteiger partial charge is 0.362 e. The number of para-hydroxylation sites is 1. The number of likely N-dealkylation sites (N-methyl/N-ethyl adjacent to an activating group) is 2. The molecule has 0 saturated heterocycles. The molecule has 0 aliphatic carbocycles. The van der Waals surface area contributed by atoms with Crippen molar-refractivity contribution < 1.29 is 14.0 Å². The predicted octanol–water partition coefficient (Wildman–Crippen LogP) is 0.820. The van der Waals surface area contributed by atoms with E-state index in [1.165, 1.54) is 30.1 Å². The van der Waals surface area contributed by atoms with Gasteiger partial charge in [-0.1, -0.05) is 6.07 Å². The van der Waals surface area contributed by atoms with Crippen LogP contribution in [0.25, 0.3) is 0 Å². The van der Waals surface area contributed by atoms with E-state index in [1.807, 2.05) is 0 Å². The van der Waals surface area contributed by atoms with Crippen molar-refractivity contribution in [1.82, 2.24) is 5.32 Å². The normalized spacial score (nSPS) is 9.69. The summed E-state index contributed by atoms with van der Waals surface area (Å²) in [5.74, 6) is -0.765. The zero-order valence-electron chi connectivity index (χ0n) is 9.16. The SMILES string of the molecule is CNC(=O)CN(C)c1c(F)cccc1C=O. The number of hydrogen-bond acceptors (Lipinski definition) is 3. The van der Waals surface area contributed by atoms with Crippen LogP contribution in [0.3, 0.4) is 0 Å². The first-order chi connectivity index (χ1) is 7.60. The van der Waals surface area contributed by atoms with Gasteiger partial charge in [0.2, 0.25) is 5.91 Å². The maximum absolute atomic E-state index is 13.5. The van der Waals surface area contributed by atoms with Crippen LogP contribution in [0.1, 0.15) is 10.4 Å². The summed E-state index contributed by atoms with van der Waals surface area (Å²) < 4.78 is 13.5. The number of carbonyl (C=O) groups is 2. The fraction of sp³-hybridized carbons (Fsp3) is 0.273. The lowest BCUT2D eigenvalue weighted by Crippen LogP contribution is -2.33. The lowest BCUT2D eigenvalue weighted by Gasteiger charge is -2.20. The molecule has 0 fully saturated rings. The lowest BCUT2D eigenvalue weighted by molar-refractivity contribution is -0.119. The number of nitrogens with zero attached hydrogens (tertiary/aromatic N) is 1. The first-order valence-corrected chi connectivity index (χ1v) is 4.75. The van der Waals surface area contributed by atoms with Gasteiger partial charge < -0.3 is 10.2 Å². The lowest BCUT2D eigenvalue weighted by atomic mass is 10.1.